The molecule has 2 rings (SSSR count). The van der Waals surface area contributed by atoms with Crippen molar-refractivity contribution in [1.82, 2.24) is 4.90 Å². The maximum Gasteiger partial charge on any atom is 0.227 e. The summed E-state index contributed by atoms with van der Waals surface area (Å²) in [6, 6.07) is 4.02. The summed E-state index contributed by atoms with van der Waals surface area (Å²) in [4.78, 5) is 15.1. The molecule has 0 unspecified atom stereocenters. The van der Waals surface area contributed by atoms with Crippen molar-refractivity contribution in [3.63, 3.8) is 0 Å². The summed E-state index contributed by atoms with van der Waals surface area (Å²) in [6.07, 6.45) is 2.68. The Morgan fingerprint density at radius 3 is 2.81 bits per heavy atom. The SMILES string of the molecule is NCC1CCN(C(=O)Cc2cccs2)CC1. The maximum absolute atomic E-state index is 12.0. The first-order valence-corrected chi connectivity index (χ1v) is 6.68. The van der Waals surface area contributed by atoms with Crippen LogP contribution in [0, 0.1) is 5.92 Å². The number of amides is 1. The van der Waals surface area contributed by atoms with Crippen molar-refractivity contribution < 1.29 is 4.79 Å². The summed E-state index contributed by atoms with van der Waals surface area (Å²) in [5.74, 6) is 0.878. The zero-order chi connectivity index (χ0) is 11.4. The summed E-state index contributed by atoms with van der Waals surface area (Å²) in [5, 5.41) is 2.02. The topological polar surface area (TPSA) is 46.3 Å². The predicted molar refractivity (Wildman–Crippen MR) is 66.4 cm³/mol. The second kappa shape index (κ2) is 5.46. The van der Waals surface area contributed by atoms with Gasteiger partial charge in [0, 0.05) is 18.0 Å². The fourth-order valence-electron chi connectivity index (χ4n) is 2.09. The van der Waals surface area contributed by atoms with Gasteiger partial charge in [0.05, 0.1) is 6.42 Å². The van der Waals surface area contributed by atoms with E-state index in [0.29, 0.717) is 12.3 Å². The lowest BCUT2D eigenvalue weighted by molar-refractivity contribution is -0.131. The molecule has 1 aliphatic rings. The van der Waals surface area contributed by atoms with Gasteiger partial charge in [0.2, 0.25) is 5.91 Å². The van der Waals surface area contributed by atoms with Crippen molar-refractivity contribution in [2.75, 3.05) is 19.6 Å². The minimum atomic E-state index is 0.262. The molecule has 1 saturated heterocycles. The first kappa shape index (κ1) is 11.6. The highest BCUT2D eigenvalue weighted by atomic mass is 32.1. The molecule has 1 aromatic heterocycles. The number of carbonyl (C=O) groups excluding carboxylic acids is 1. The molecule has 1 aromatic rings. The average Bonchev–Trinajstić information content (AvgIpc) is 2.82. The Hall–Kier alpha value is -0.870. The second-order valence-corrected chi connectivity index (χ2v) is 5.35. The van der Waals surface area contributed by atoms with Crippen LogP contribution in [0.5, 0.6) is 0 Å². The molecule has 88 valence electrons. The molecule has 0 spiro atoms. The Bertz CT molecular complexity index is 329. The lowest BCUT2D eigenvalue weighted by Gasteiger charge is -2.31. The van der Waals surface area contributed by atoms with Crippen LogP contribution < -0.4 is 5.73 Å². The van der Waals surface area contributed by atoms with E-state index in [1.54, 1.807) is 11.3 Å². The molecule has 1 aliphatic heterocycles. The van der Waals surface area contributed by atoms with Gasteiger partial charge in [-0.05, 0) is 36.8 Å². The van der Waals surface area contributed by atoms with Crippen LogP contribution in [-0.4, -0.2) is 30.4 Å². The Kier molecular flexibility index (Phi) is 3.96. The number of carbonyl (C=O) groups is 1. The molecule has 4 heteroatoms. The van der Waals surface area contributed by atoms with Gasteiger partial charge in [-0.3, -0.25) is 4.79 Å². The van der Waals surface area contributed by atoms with Crippen molar-refractivity contribution in [3.05, 3.63) is 22.4 Å². The van der Waals surface area contributed by atoms with Crippen LogP contribution in [0.15, 0.2) is 17.5 Å². The maximum atomic E-state index is 12.0. The predicted octanol–water partition coefficient (Wildman–Crippen LogP) is 1.49. The van der Waals surface area contributed by atoms with E-state index in [-0.39, 0.29) is 5.91 Å². The summed E-state index contributed by atoms with van der Waals surface area (Å²) in [6.45, 7) is 2.52. The average molecular weight is 238 g/mol. The molecule has 1 amide bonds. The van der Waals surface area contributed by atoms with E-state index < -0.39 is 0 Å². The van der Waals surface area contributed by atoms with Gasteiger partial charge >= 0.3 is 0 Å². The lowest BCUT2D eigenvalue weighted by atomic mass is 9.97. The molecule has 0 radical (unpaired) electrons. The van der Waals surface area contributed by atoms with Crippen LogP contribution >= 0.6 is 11.3 Å². The van der Waals surface area contributed by atoms with Gasteiger partial charge < -0.3 is 10.6 Å². The van der Waals surface area contributed by atoms with Crippen LogP contribution in [-0.2, 0) is 11.2 Å². The molecule has 0 aliphatic carbocycles. The number of hydrogen-bond donors (Lipinski definition) is 1. The Balaban J connectivity index is 1.82. The fraction of sp³-hybridized carbons (Fsp3) is 0.583. The monoisotopic (exact) mass is 238 g/mol. The molecule has 0 atom stereocenters. The first-order valence-electron chi connectivity index (χ1n) is 5.80. The van der Waals surface area contributed by atoms with Gasteiger partial charge in [-0.15, -0.1) is 11.3 Å². The highest BCUT2D eigenvalue weighted by molar-refractivity contribution is 7.10. The van der Waals surface area contributed by atoms with Crippen molar-refractivity contribution in [1.29, 1.82) is 0 Å². The molecule has 3 nitrogen and oxygen atoms in total. The molecule has 2 N–H and O–H groups in total. The van der Waals surface area contributed by atoms with E-state index in [4.69, 9.17) is 5.73 Å². The van der Waals surface area contributed by atoms with Crippen LogP contribution in [0.25, 0.3) is 0 Å². The molecule has 0 bridgehead atoms. The fourth-order valence-corrected chi connectivity index (χ4v) is 2.79. The smallest absolute Gasteiger partial charge is 0.227 e. The van der Waals surface area contributed by atoms with Crippen LogP contribution in [0.4, 0.5) is 0 Å². The summed E-state index contributed by atoms with van der Waals surface area (Å²) in [7, 11) is 0. The van der Waals surface area contributed by atoms with E-state index in [1.165, 1.54) is 0 Å². The Morgan fingerprint density at radius 2 is 2.25 bits per heavy atom. The molecular formula is C12H18N2OS. The van der Waals surface area contributed by atoms with Crippen LogP contribution in [0.3, 0.4) is 0 Å². The zero-order valence-electron chi connectivity index (χ0n) is 9.39. The minimum Gasteiger partial charge on any atom is -0.342 e. The van der Waals surface area contributed by atoms with Gasteiger partial charge in [-0.25, -0.2) is 0 Å². The number of likely N-dealkylation sites (tertiary alicyclic amines) is 1. The molecule has 2 heterocycles. The van der Waals surface area contributed by atoms with Crippen molar-refractivity contribution in [3.8, 4) is 0 Å². The lowest BCUT2D eigenvalue weighted by Crippen LogP contribution is -2.40. The highest BCUT2D eigenvalue weighted by Crippen LogP contribution is 2.17. The summed E-state index contributed by atoms with van der Waals surface area (Å²) in [5.41, 5.74) is 5.63. The number of rotatable bonds is 3. The molecular weight excluding hydrogens is 220 g/mol. The molecule has 0 saturated carbocycles. The third-order valence-electron chi connectivity index (χ3n) is 3.21. The number of nitrogens with zero attached hydrogens (tertiary/aromatic N) is 1. The minimum absolute atomic E-state index is 0.262. The Morgan fingerprint density at radius 1 is 1.50 bits per heavy atom. The van der Waals surface area contributed by atoms with E-state index in [1.807, 2.05) is 22.4 Å². The summed E-state index contributed by atoms with van der Waals surface area (Å²) >= 11 is 1.65. The van der Waals surface area contributed by atoms with E-state index in [0.717, 1.165) is 37.4 Å². The van der Waals surface area contributed by atoms with Crippen molar-refractivity contribution in [2.24, 2.45) is 11.7 Å². The van der Waals surface area contributed by atoms with E-state index >= 15 is 0 Å². The molecule has 1 fully saturated rings. The largest absolute Gasteiger partial charge is 0.342 e. The first-order chi connectivity index (χ1) is 7.79. The third kappa shape index (κ3) is 2.83. The summed E-state index contributed by atoms with van der Waals surface area (Å²) < 4.78 is 0. The normalized spacial score (nSPS) is 17.7. The zero-order valence-corrected chi connectivity index (χ0v) is 10.2. The molecule has 0 aromatic carbocycles. The standard InChI is InChI=1S/C12H18N2OS/c13-9-10-3-5-14(6-4-10)12(15)8-11-2-1-7-16-11/h1-2,7,10H,3-6,8-9,13H2. The number of hydrogen-bond acceptors (Lipinski definition) is 3. The number of piperidine rings is 1. The second-order valence-electron chi connectivity index (χ2n) is 4.32. The van der Waals surface area contributed by atoms with Gasteiger partial charge in [-0.1, -0.05) is 6.07 Å². The quantitative estimate of drug-likeness (QED) is 0.867. The van der Waals surface area contributed by atoms with Crippen LogP contribution in [0.2, 0.25) is 0 Å². The van der Waals surface area contributed by atoms with Crippen molar-refractivity contribution in [2.45, 2.75) is 19.3 Å². The highest BCUT2D eigenvalue weighted by Gasteiger charge is 2.21. The van der Waals surface area contributed by atoms with Gasteiger partial charge in [0.1, 0.15) is 0 Å². The van der Waals surface area contributed by atoms with Gasteiger partial charge in [0.15, 0.2) is 0 Å². The van der Waals surface area contributed by atoms with E-state index in [2.05, 4.69) is 0 Å². The van der Waals surface area contributed by atoms with Crippen molar-refractivity contribution >= 4 is 17.2 Å². The number of nitrogens with two attached hydrogens (primary N) is 1. The van der Waals surface area contributed by atoms with Crippen LogP contribution in [0.1, 0.15) is 17.7 Å². The van der Waals surface area contributed by atoms with Gasteiger partial charge in [0.25, 0.3) is 0 Å². The number of thiophene rings is 1. The Labute approximate surface area is 100 Å². The van der Waals surface area contributed by atoms with E-state index in [9.17, 15) is 4.79 Å². The molecule has 16 heavy (non-hydrogen) atoms. The van der Waals surface area contributed by atoms with Gasteiger partial charge in [-0.2, -0.15) is 0 Å². The third-order valence-corrected chi connectivity index (χ3v) is 4.08.